The van der Waals surface area contributed by atoms with Crippen LogP contribution in [0.15, 0.2) is 60.0 Å². The van der Waals surface area contributed by atoms with Crippen LogP contribution >= 0.6 is 11.3 Å². The number of aryl methyl sites for hydroxylation is 2. The van der Waals surface area contributed by atoms with Crippen molar-refractivity contribution >= 4 is 32.2 Å². The zero-order valence-corrected chi connectivity index (χ0v) is 17.2. The number of nitrogens with one attached hydrogen (secondary N) is 1. The number of rotatable bonds is 8. The number of amides is 1. The number of sulfone groups is 1. The molecule has 0 fully saturated rings. The summed E-state index contributed by atoms with van der Waals surface area (Å²) >= 11 is 1.28. The van der Waals surface area contributed by atoms with Gasteiger partial charge in [0.25, 0.3) is 0 Å². The lowest BCUT2D eigenvalue weighted by Crippen LogP contribution is -2.24. The second-order valence-electron chi connectivity index (χ2n) is 6.58. The van der Waals surface area contributed by atoms with Crippen LogP contribution in [0.4, 0.5) is 5.13 Å². The number of aromatic nitrogens is 1. The van der Waals surface area contributed by atoms with Crippen LogP contribution in [0.2, 0.25) is 0 Å². The summed E-state index contributed by atoms with van der Waals surface area (Å²) in [7, 11) is -3.46. The van der Waals surface area contributed by atoms with Gasteiger partial charge in [0.2, 0.25) is 5.91 Å². The minimum Gasteiger partial charge on any atom is -0.301 e. The highest BCUT2D eigenvalue weighted by Crippen LogP contribution is 2.27. The van der Waals surface area contributed by atoms with Crippen LogP contribution in [0.25, 0.3) is 11.3 Å². The molecule has 0 unspecified atom stereocenters. The lowest BCUT2D eigenvalue weighted by Gasteiger charge is -2.05. The molecule has 1 amide bonds. The molecule has 5 nitrogen and oxygen atoms in total. The first-order valence-electron chi connectivity index (χ1n) is 8.99. The largest absolute Gasteiger partial charge is 0.301 e. The fourth-order valence-corrected chi connectivity index (χ4v) is 4.81. The monoisotopic (exact) mass is 414 g/mol. The number of carbonyl (C=O) groups excluding carboxylic acids is 1. The molecule has 0 saturated heterocycles. The van der Waals surface area contributed by atoms with E-state index < -0.39 is 21.5 Å². The maximum Gasteiger partial charge on any atom is 0.241 e. The SMILES string of the molecule is Cc1ccccc1-c1csc(NC(=O)CS(=O)(=O)CCCc2ccccc2)n1. The van der Waals surface area contributed by atoms with Crippen molar-refractivity contribution in [2.75, 3.05) is 16.8 Å². The molecule has 28 heavy (non-hydrogen) atoms. The molecule has 0 aliphatic rings. The minimum atomic E-state index is -3.46. The molecule has 1 aromatic heterocycles. The number of nitrogens with zero attached hydrogens (tertiary/aromatic N) is 1. The zero-order chi connectivity index (χ0) is 20.0. The van der Waals surface area contributed by atoms with E-state index in [9.17, 15) is 13.2 Å². The Hall–Kier alpha value is -2.51. The average molecular weight is 415 g/mol. The van der Waals surface area contributed by atoms with Crippen molar-refractivity contribution in [3.8, 4) is 11.3 Å². The summed E-state index contributed by atoms with van der Waals surface area (Å²) < 4.78 is 24.4. The van der Waals surface area contributed by atoms with Crippen molar-refractivity contribution < 1.29 is 13.2 Å². The minimum absolute atomic E-state index is 0.0123. The van der Waals surface area contributed by atoms with Gasteiger partial charge in [0.15, 0.2) is 15.0 Å². The van der Waals surface area contributed by atoms with E-state index in [1.807, 2.05) is 66.9 Å². The summed E-state index contributed by atoms with van der Waals surface area (Å²) in [5.41, 5.74) is 3.94. The molecule has 2 aromatic carbocycles. The molecule has 1 heterocycles. The maximum atomic E-state index is 12.2. The van der Waals surface area contributed by atoms with Gasteiger partial charge < -0.3 is 5.32 Å². The van der Waals surface area contributed by atoms with Crippen LogP contribution in [-0.2, 0) is 21.1 Å². The molecule has 0 saturated carbocycles. The van der Waals surface area contributed by atoms with Crippen molar-refractivity contribution in [2.45, 2.75) is 19.8 Å². The van der Waals surface area contributed by atoms with E-state index in [2.05, 4.69) is 10.3 Å². The Labute approximate surface area is 169 Å². The molecule has 7 heteroatoms. The van der Waals surface area contributed by atoms with E-state index in [0.29, 0.717) is 18.0 Å². The third-order valence-corrected chi connectivity index (χ3v) is 6.66. The van der Waals surface area contributed by atoms with Gasteiger partial charge in [-0.15, -0.1) is 11.3 Å². The number of thiazole rings is 1. The Bertz CT molecular complexity index is 1040. The second kappa shape index (κ2) is 9.12. The highest BCUT2D eigenvalue weighted by molar-refractivity contribution is 7.92. The number of anilines is 1. The van der Waals surface area contributed by atoms with Gasteiger partial charge in [0.05, 0.1) is 11.4 Å². The normalized spacial score (nSPS) is 11.3. The predicted octanol–water partition coefficient (Wildman–Crippen LogP) is 4.10. The van der Waals surface area contributed by atoms with Crippen molar-refractivity contribution in [1.29, 1.82) is 0 Å². The third kappa shape index (κ3) is 5.74. The quantitative estimate of drug-likeness (QED) is 0.602. The van der Waals surface area contributed by atoms with Crippen molar-refractivity contribution in [2.24, 2.45) is 0 Å². The van der Waals surface area contributed by atoms with Gasteiger partial charge in [-0.2, -0.15) is 0 Å². The van der Waals surface area contributed by atoms with Gasteiger partial charge in [-0.1, -0.05) is 54.6 Å². The Kier molecular flexibility index (Phi) is 6.59. The molecule has 146 valence electrons. The van der Waals surface area contributed by atoms with Gasteiger partial charge in [-0.05, 0) is 30.9 Å². The molecule has 0 radical (unpaired) electrons. The smallest absolute Gasteiger partial charge is 0.241 e. The molecule has 0 bridgehead atoms. The average Bonchev–Trinajstić information content (AvgIpc) is 3.10. The topological polar surface area (TPSA) is 76.1 Å². The summed E-state index contributed by atoms with van der Waals surface area (Å²) in [6.07, 6.45) is 1.17. The summed E-state index contributed by atoms with van der Waals surface area (Å²) in [6.45, 7) is 1.99. The van der Waals surface area contributed by atoms with Crippen LogP contribution in [0.1, 0.15) is 17.5 Å². The van der Waals surface area contributed by atoms with Gasteiger partial charge in [0.1, 0.15) is 5.75 Å². The first kappa shape index (κ1) is 20.2. The van der Waals surface area contributed by atoms with E-state index in [0.717, 1.165) is 22.4 Å². The van der Waals surface area contributed by atoms with Gasteiger partial charge in [-0.3, -0.25) is 4.79 Å². The molecular formula is C21H22N2O3S2. The Morgan fingerprint density at radius 1 is 1.07 bits per heavy atom. The number of hydrogen-bond donors (Lipinski definition) is 1. The third-order valence-electron chi connectivity index (χ3n) is 4.29. The first-order valence-corrected chi connectivity index (χ1v) is 11.7. The summed E-state index contributed by atoms with van der Waals surface area (Å²) in [6, 6.07) is 17.6. The summed E-state index contributed by atoms with van der Waals surface area (Å²) in [5.74, 6) is -1.09. The van der Waals surface area contributed by atoms with Crippen LogP contribution in [0.5, 0.6) is 0 Å². The Morgan fingerprint density at radius 2 is 1.79 bits per heavy atom. The van der Waals surface area contributed by atoms with E-state index >= 15 is 0 Å². The number of carbonyl (C=O) groups is 1. The standard InChI is InChI=1S/C21H22N2O3S2/c1-16-8-5-6-12-18(16)19-14-27-21(22-19)23-20(24)15-28(25,26)13-7-11-17-9-3-2-4-10-17/h2-6,8-10,12,14H,7,11,13,15H2,1H3,(H,22,23,24). The van der Waals surface area contributed by atoms with Crippen LogP contribution in [-0.4, -0.2) is 30.8 Å². The number of benzene rings is 2. The van der Waals surface area contributed by atoms with Gasteiger partial charge in [-0.25, -0.2) is 13.4 Å². The van der Waals surface area contributed by atoms with Crippen molar-refractivity contribution in [3.05, 3.63) is 71.1 Å². The fourth-order valence-electron chi connectivity index (χ4n) is 2.88. The summed E-state index contributed by atoms with van der Waals surface area (Å²) in [5, 5.41) is 4.86. The van der Waals surface area contributed by atoms with E-state index in [-0.39, 0.29) is 5.75 Å². The van der Waals surface area contributed by atoms with Gasteiger partial charge in [0, 0.05) is 10.9 Å². The summed E-state index contributed by atoms with van der Waals surface area (Å²) in [4.78, 5) is 16.6. The van der Waals surface area contributed by atoms with Gasteiger partial charge >= 0.3 is 0 Å². The second-order valence-corrected chi connectivity index (χ2v) is 9.62. The van der Waals surface area contributed by atoms with Crippen LogP contribution in [0.3, 0.4) is 0 Å². The highest BCUT2D eigenvalue weighted by atomic mass is 32.2. The zero-order valence-electron chi connectivity index (χ0n) is 15.6. The lowest BCUT2D eigenvalue weighted by atomic mass is 10.1. The molecule has 3 aromatic rings. The Morgan fingerprint density at radius 3 is 2.54 bits per heavy atom. The van der Waals surface area contributed by atoms with Crippen molar-refractivity contribution in [3.63, 3.8) is 0 Å². The van der Waals surface area contributed by atoms with Crippen LogP contribution < -0.4 is 5.32 Å². The maximum absolute atomic E-state index is 12.2. The molecule has 0 aliphatic carbocycles. The molecular weight excluding hydrogens is 392 g/mol. The van der Waals surface area contributed by atoms with Crippen LogP contribution in [0, 0.1) is 6.92 Å². The Balaban J connectivity index is 1.53. The molecule has 1 N–H and O–H groups in total. The molecule has 0 aliphatic heterocycles. The highest BCUT2D eigenvalue weighted by Gasteiger charge is 2.18. The molecule has 0 atom stereocenters. The van der Waals surface area contributed by atoms with E-state index in [4.69, 9.17) is 0 Å². The molecule has 3 rings (SSSR count). The lowest BCUT2D eigenvalue weighted by molar-refractivity contribution is -0.113. The van der Waals surface area contributed by atoms with E-state index in [1.54, 1.807) is 0 Å². The van der Waals surface area contributed by atoms with Crippen molar-refractivity contribution in [1.82, 2.24) is 4.98 Å². The molecule has 0 spiro atoms. The first-order chi connectivity index (χ1) is 13.4. The number of hydrogen-bond acceptors (Lipinski definition) is 5. The fraction of sp³-hybridized carbons (Fsp3) is 0.238. The predicted molar refractivity (Wildman–Crippen MR) is 114 cm³/mol. The van der Waals surface area contributed by atoms with E-state index in [1.165, 1.54) is 11.3 Å².